The quantitative estimate of drug-likeness (QED) is 0.639. The van der Waals surface area contributed by atoms with Crippen molar-refractivity contribution in [3.05, 3.63) is 59.8 Å². The first kappa shape index (κ1) is 18.6. The average molecular weight is 365 g/mol. The fourth-order valence-corrected chi connectivity index (χ4v) is 2.88. The maximum Gasteiger partial charge on any atom is 0.360 e. The molecule has 0 saturated heterocycles. The van der Waals surface area contributed by atoms with Crippen LogP contribution in [0.2, 0.25) is 0 Å². The van der Waals surface area contributed by atoms with Gasteiger partial charge in [-0.1, -0.05) is 50.2 Å². The van der Waals surface area contributed by atoms with Gasteiger partial charge in [0.25, 0.3) is 5.91 Å². The Morgan fingerprint density at radius 2 is 1.81 bits per heavy atom. The minimum atomic E-state index is -0.946. The monoisotopic (exact) mass is 365 g/mol. The summed E-state index contributed by atoms with van der Waals surface area (Å²) in [4.78, 5) is 25.0. The summed E-state index contributed by atoms with van der Waals surface area (Å²) < 4.78 is 5.33. The van der Waals surface area contributed by atoms with Crippen molar-refractivity contribution >= 4 is 28.5 Å². The van der Waals surface area contributed by atoms with E-state index in [1.807, 2.05) is 42.5 Å². The van der Waals surface area contributed by atoms with Crippen LogP contribution >= 0.6 is 0 Å². The van der Waals surface area contributed by atoms with E-state index in [4.69, 9.17) is 4.74 Å². The van der Waals surface area contributed by atoms with E-state index in [1.54, 1.807) is 13.0 Å². The highest BCUT2D eigenvalue weighted by Gasteiger charge is 2.23. The number of anilines is 1. The molecular formula is C21H23N3O3. The van der Waals surface area contributed by atoms with E-state index >= 15 is 0 Å². The number of carbonyl (C=O) groups is 2. The van der Waals surface area contributed by atoms with Gasteiger partial charge >= 0.3 is 5.97 Å². The van der Waals surface area contributed by atoms with Crippen LogP contribution in [0.3, 0.4) is 0 Å². The molecule has 0 unspecified atom stereocenters. The minimum Gasteiger partial charge on any atom is -0.448 e. The molecular weight excluding hydrogens is 342 g/mol. The van der Waals surface area contributed by atoms with Gasteiger partial charge in [-0.05, 0) is 37.0 Å². The van der Waals surface area contributed by atoms with E-state index in [2.05, 4.69) is 29.4 Å². The number of para-hydroxylation sites is 2. The highest BCUT2D eigenvalue weighted by molar-refractivity contribution is 6.03. The number of H-pyrrole nitrogens is 1. The van der Waals surface area contributed by atoms with Gasteiger partial charge in [0.05, 0.1) is 5.52 Å². The number of esters is 1. The van der Waals surface area contributed by atoms with E-state index in [0.717, 1.165) is 23.2 Å². The number of aromatic nitrogens is 2. The number of aromatic amines is 1. The first-order valence-electron chi connectivity index (χ1n) is 9.05. The van der Waals surface area contributed by atoms with E-state index < -0.39 is 12.1 Å². The van der Waals surface area contributed by atoms with Crippen molar-refractivity contribution in [3.8, 4) is 0 Å². The Bertz CT molecular complexity index is 964. The number of hydrogen-bond donors (Lipinski definition) is 2. The van der Waals surface area contributed by atoms with E-state index in [0.29, 0.717) is 11.3 Å². The lowest BCUT2D eigenvalue weighted by Crippen LogP contribution is -2.30. The van der Waals surface area contributed by atoms with Crippen LogP contribution in [0, 0.1) is 0 Å². The van der Waals surface area contributed by atoms with Gasteiger partial charge in [0.2, 0.25) is 0 Å². The van der Waals surface area contributed by atoms with E-state index in [1.165, 1.54) is 0 Å². The third kappa shape index (κ3) is 4.00. The fourth-order valence-electron chi connectivity index (χ4n) is 2.88. The van der Waals surface area contributed by atoms with Gasteiger partial charge in [-0.25, -0.2) is 4.79 Å². The third-order valence-electron chi connectivity index (χ3n) is 4.68. The Kier molecular flexibility index (Phi) is 5.54. The number of ether oxygens (including phenoxy) is 1. The molecule has 0 aliphatic carbocycles. The van der Waals surface area contributed by atoms with Gasteiger partial charge in [0.15, 0.2) is 11.8 Å². The Morgan fingerprint density at radius 3 is 2.59 bits per heavy atom. The van der Waals surface area contributed by atoms with Crippen molar-refractivity contribution in [1.29, 1.82) is 0 Å². The topological polar surface area (TPSA) is 84.1 Å². The second-order valence-corrected chi connectivity index (χ2v) is 6.55. The zero-order valence-electron chi connectivity index (χ0n) is 15.7. The van der Waals surface area contributed by atoms with Crippen LogP contribution in [-0.2, 0) is 9.53 Å². The largest absolute Gasteiger partial charge is 0.448 e. The maximum atomic E-state index is 12.5. The summed E-state index contributed by atoms with van der Waals surface area (Å²) in [6.45, 7) is 5.76. The Morgan fingerprint density at radius 1 is 1.11 bits per heavy atom. The molecule has 1 heterocycles. The minimum absolute atomic E-state index is 0.172. The summed E-state index contributed by atoms with van der Waals surface area (Å²) in [5.41, 5.74) is 2.71. The fraction of sp³-hybridized carbons (Fsp3) is 0.286. The molecule has 6 heteroatoms. The summed E-state index contributed by atoms with van der Waals surface area (Å²) in [5.74, 6) is -0.695. The molecule has 0 spiro atoms. The number of fused-ring (bicyclic) bond motifs is 1. The van der Waals surface area contributed by atoms with Crippen molar-refractivity contribution < 1.29 is 14.3 Å². The van der Waals surface area contributed by atoms with Gasteiger partial charge in [0, 0.05) is 11.1 Å². The number of amides is 1. The third-order valence-corrected chi connectivity index (χ3v) is 4.68. The van der Waals surface area contributed by atoms with Crippen molar-refractivity contribution in [2.75, 3.05) is 5.32 Å². The van der Waals surface area contributed by atoms with Crippen LogP contribution in [0.4, 0.5) is 5.69 Å². The Hall–Kier alpha value is -3.15. The SMILES string of the molecule is CC[C@H](C)c1ccccc1NC(=O)[C@@H](C)OC(=O)c1n[nH]c2ccccc12. The summed E-state index contributed by atoms with van der Waals surface area (Å²) >= 11 is 0. The van der Waals surface area contributed by atoms with Crippen molar-refractivity contribution in [1.82, 2.24) is 10.2 Å². The molecule has 0 saturated carbocycles. The summed E-state index contributed by atoms with van der Waals surface area (Å²) in [6.07, 6.45) is 0.0156. The van der Waals surface area contributed by atoms with Crippen molar-refractivity contribution in [3.63, 3.8) is 0 Å². The van der Waals surface area contributed by atoms with Crippen LogP contribution in [0.5, 0.6) is 0 Å². The Labute approximate surface area is 157 Å². The predicted octanol–water partition coefficient (Wildman–Crippen LogP) is 4.26. The lowest BCUT2D eigenvalue weighted by molar-refractivity contribution is -0.123. The first-order chi connectivity index (χ1) is 13.0. The zero-order valence-corrected chi connectivity index (χ0v) is 15.7. The molecule has 1 amide bonds. The van der Waals surface area contributed by atoms with Gasteiger partial charge in [-0.3, -0.25) is 9.89 Å². The molecule has 3 rings (SSSR count). The van der Waals surface area contributed by atoms with E-state index in [-0.39, 0.29) is 11.6 Å². The molecule has 27 heavy (non-hydrogen) atoms. The number of nitrogens with zero attached hydrogens (tertiary/aromatic N) is 1. The lowest BCUT2D eigenvalue weighted by atomic mass is 9.97. The van der Waals surface area contributed by atoms with E-state index in [9.17, 15) is 9.59 Å². The van der Waals surface area contributed by atoms with Crippen LogP contribution in [0.25, 0.3) is 10.9 Å². The number of hydrogen-bond acceptors (Lipinski definition) is 4. The molecule has 2 N–H and O–H groups in total. The number of rotatable bonds is 6. The average Bonchev–Trinajstić information content (AvgIpc) is 3.12. The molecule has 6 nitrogen and oxygen atoms in total. The van der Waals surface area contributed by atoms with Gasteiger partial charge < -0.3 is 10.1 Å². The Balaban J connectivity index is 1.70. The molecule has 0 bridgehead atoms. The molecule has 1 aromatic heterocycles. The molecule has 0 radical (unpaired) electrons. The summed E-state index contributed by atoms with van der Waals surface area (Å²) in [6, 6.07) is 14.9. The highest BCUT2D eigenvalue weighted by atomic mass is 16.5. The predicted molar refractivity (Wildman–Crippen MR) is 105 cm³/mol. The van der Waals surface area contributed by atoms with Crippen molar-refractivity contribution in [2.24, 2.45) is 0 Å². The van der Waals surface area contributed by atoms with Gasteiger partial charge in [-0.15, -0.1) is 0 Å². The maximum absolute atomic E-state index is 12.5. The molecule has 0 fully saturated rings. The highest BCUT2D eigenvalue weighted by Crippen LogP contribution is 2.26. The normalized spacial score (nSPS) is 13.1. The number of carbonyl (C=O) groups excluding carboxylic acids is 2. The smallest absolute Gasteiger partial charge is 0.360 e. The number of benzene rings is 2. The zero-order chi connectivity index (χ0) is 19.4. The van der Waals surface area contributed by atoms with Crippen molar-refractivity contribution in [2.45, 2.75) is 39.2 Å². The molecule has 2 atom stereocenters. The molecule has 0 aliphatic heterocycles. The molecule has 0 aliphatic rings. The van der Waals surface area contributed by atoms with Gasteiger partial charge in [0.1, 0.15) is 0 Å². The molecule has 2 aromatic carbocycles. The second kappa shape index (κ2) is 8.03. The lowest BCUT2D eigenvalue weighted by Gasteiger charge is -2.18. The summed E-state index contributed by atoms with van der Waals surface area (Å²) in [7, 11) is 0. The molecule has 140 valence electrons. The molecule has 3 aromatic rings. The van der Waals surface area contributed by atoms with Crippen LogP contribution < -0.4 is 5.32 Å². The first-order valence-corrected chi connectivity index (χ1v) is 9.05. The number of nitrogens with one attached hydrogen (secondary N) is 2. The standard InChI is InChI=1S/C21H23N3O3/c1-4-13(2)15-9-5-7-11-17(15)22-20(25)14(3)27-21(26)19-16-10-6-8-12-18(16)23-24-19/h5-14H,4H2,1-3H3,(H,22,25)(H,23,24)/t13-,14+/m0/s1. The van der Waals surface area contributed by atoms with Crippen LogP contribution in [0.15, 0.2) is 48.5 Å². The summed E-state index contributed by atoms with van der Waals surface area (Å²) in [5, 5.41) is 10.3. The van der Waals surface area contributed by atoms with Crippen LogP contribution in [-0.4, -0.2) is 28.2 Å². The van der Waals surface area contributed by atoms with Crippen LogP contribution in [0.1, 0.15) is 49.2 Å². The second-order valence-electron chi connectivity index (χ2n) is 6.55. The van der Waals surface area contributed by atoms with Gasteiger partial charge in [-0.2, -0.15) is 5.10 Å².